The number of aromatic nitrogens is 1. The molecule has 0 aliphatic heterocycles. The van der Waals surface area contributed by atoms with Crippen LogP contribution in [0.15, 0.2) is 34.9 Å². The maximum atomic E-state index is 13.0. The lowest BCUT2D eigenvalue weighted by molar-refractivity contribution is -0.297. The van der Waals surface area contributed by atoms with Crippen molar-refractivity contribution in [2.75, 3.05) is 0 Å². The molecule has 9 heteroatoms. The fraction of sp³-hybridized carbons (Fsp3) is 0.167. The molecule has 1 aromatic heterocycles. The first-order valence-corrected chi connectivity index (χ1v) is 5.43. The molecule has 0 saturated heterocycles. The first-order chi connectivity index (χ1) is 9.63. The molecule has 2 aromatic rings. The lowest BCUT2D eigenvalue weighted by atomic mass is 10.1. The molecule has 0 aliphatic rings. The predicted octanol–water partition coefficient (Wildman–Crippen LogP) is 3.09. The van der Waals surface area contributed by atoms with E-state index in [9.17, 15) is 26.7 Å². The summed E-state index contributed by atoms with van der Waals surface area (Å²) in [5, 5.41) is 0. The Hall–Kier alpha value is -2.45. The number of rotatable bonds is 3. The van der Waals surface area contributed by atoms with E-state index in [0.717, 1.165) is 0 Å². The van der Waals surface area contributed by atoms with E-state index in [0.29, 0.717) is 6.26 Å². The van der Waals surface area contributed by atoms with Crippen molar-refractivity contribution in [2.24, 2.45) is 5.73 Å². The van der Waals surface area contributed by atoms with Crippen molar-refractivity contribution in [1.29, 1.82) is 0 Å². The summed E-state index contributed by atoms with van der Waals surface area (Å²) in [5.41, 5.74) is 5.15. The zero-order valence-electron chi connectivity index (χ0n) is 10.1. The zero-order valence-corrected chi connectivity index (χ0v) is 10.1. The third-order valence-electron chi connectivity index (χ3n) is 2.59. The minimum absolute atomic E-state index is 0.156. The summed E-state index contributed by atoms with van der Waals surface area (Å²) in [7, 11) is 0. The van der Waals surface area contributed by atoms with Crippen molar-refractivity contribution >= 4 is 5.91 Å². The summed E-state index contributed by atoms with van der Waals surface area (Å²) in [5.74, 6) is -7.63. The van der Waals surface area contributed by atoms with Crippen LogP contribution in [0.25, 0.3) is 11.3 Å². The van der Waals surface area contributed by atoms with Gasteiger partial charge in [-0.2, -0.15) is 22.0 Å². The first kappa shape index (κ1) is 14.9. The van der Waals surface area contributed by atoms with Crippen molar-refractivity contribution < 1.29 is 31.2 Å². The minimum Gasteiger partial charge on any atom is -0.443 e. The molecule has 0 saturated carbocycles. The smallest absolute Gasteiger partial charge is 0.443 e. The number of alkyl halides is 5. The van der Waals surface area contributed by atoms with Gasteiger partial charge in [0.05, 0.1) is 0 Å². The van der Waals surface area contributed by atoms with E-state index in [1.54, 1.807) is 0 Å². The molecule has 4 nitrogen and oxygen atoms in total. The second-order valence-electron chi connectivity index (χ2n) is 4.05. The molecule has 2 rings (SSSR count). The Labute approximate surface area is 114 Å². The second kappa shape index (κ2) is 4.83. The first-order valence-electron chi connectivity index (χ1n) is 5.43. The molecular formula is C12H7F5N2O2. The Balaban J connectivity index is 2.34. The van der Waals surface area contributed by atoms with Crippen LogP contribution in [0, 0.1) is 0 Å². The van der Waals surface area contributed by atoms with Gasteiger partial charge in [-0.15, -0.1) is 0 Å². The van der Waals surface area contributed by atoms with E-state index < -0.39 is 23.9 Å². The number of oxazole rings is 1. The van der Waals surface area contributed by atoms with Gasteiger partial charge in [0.25, 0.3) is 5.89 Å². The van der Waals surface area contributed by atoms with E-state index in [1.165, 1.54) is 24.3 Å². The van der Waals surface area contributed by atoms with E-state index in [1.807, 2.05) is 0 Å². The summed E-state index contributed by atoms with van der Waals surface area (Å²) < 4.78 is 66.8. The van der Waals surface area contributed by atoms with Crippen molar-refractivity contribution in [1.82, 2.24) is 4.98 Å². The molecule has 0 fully saturated rings. The van der Waals surface area contributed by atoms with Gasteiger partial charge >= 0.3 is 12.1 Å². The van der Waals surface area contributed by atoms with Crippen LogP contribution < -0.4 is 5.73 Å². The number of halogens is 5. The van der Waals surface area contributed by atoms with Crippen molar-refractivity contribution in [3.05, 3.63) is 42.0 Å². The standard InChI is InChI=1S/C12H7F5N2O2/c13-11(14,12(15,16)17)10-19-8(5-21-10)6-1-3-7(4-2-6)9(18)20/h1-5H,(H2,18,20). The third-order valence-corrected chi connectivity index (χ3v) is 2.59. The number of amides is 1. The highest BCUT2D eigenvalue weighted by molar-refractivity contribution is 5.93. The topological polar surface area (TPSA) is 69.1 Å². The number of primary amides is 1. The van der Waals surface area contributed by atoms with Crippen LogP contribution in [0.4, 0.5) is 22.0 Å². The SMILES string of the molecule is NC(=O)c1ccc(-c2coc(C(F)(F)C(F)(F)F)n2)cc1. The Bertz CT molecular complexity index is 661. The highest BCUT2D eigenvalue weighted by Gasteiger charge is 2.62. The molecular weight excluding hydrogens is 299 g/mol. The van der Waals surface area contributed by atoms with E-state index >= 15 is 0 Å². The van der Waals surface area contributed by atoms with Crippen LogP contribution in [0.3, 0.4) is 0 Å². The highest BCUT2D eigenvalue weighted by Crippen LogP contribution is 2.43. The van der Waals surface area contributed by atoms with Crippen LogP contribution >= 0.6 is 0 Å². The average molecular weight is 306 g/mol. The van der Waals surface area contributed by atoms with Crippen LogP contribution in [-0.2, 0) is 5.92 Å². The number of nitrogens with two attached hydrogens (primary N) is 1. The van der Waals surface area contributed by atoms with Gasteiger partial charge in [0.1, 0.15) is 12.0 Å². The summed E-state index contributed by atoms with van der Waals surface area (Å²) in [6, 6.07) is 5.17. The zero-order chi connectivity index (χ0) is 15.8. The molecule has 21 heavy (non-hydrogen) atoms. The summed E-state index contributed by atoms with van der Waals surface area (Å²) in [6.45, 7) is 0. The highest BCUT2D eigenvalue weighted by atomic mass is 19.4. The van der Waals surface area contributed by atoms with Gasteiger partial charge in [0.2, 0.25) is 5.91 Å². The average Bonchev–Trinajstić information content (AvgIpc) is 2.87. The largest absolute Gasteiger partial charge is 0.463 e. The monoisotopic (exact) mass is 306 g/mol. The number of carbonyl (C=O) groups excluding carboxylic acids is 1. The van der Waals surface area contributed by atoms with Gasteiger partial charge in [0.15, 0.2) is 0 Å². The van der Waals surface area contributed by atoms with Gasteiger partial charge in [-0.05, 0) is 12.1 Å². The van der Waals surface area contributed by atoms with Crippen LogP contribution in [0.2, 0.25) is 0 Å². The third kappa shape index (κ3) is 2.71. The van der Waals surface area contributed by atoms with E-state index in [4.69, 9.17) is 5.73 Å². The van der Waals surface area contributed by atoms with Crippen molar-refractivity contribution in [3.63, 3.8) is 0 Å². The molecule has 0 unspecified atom stereocenters. The van der Waals surface area contributed by atoms with Gasteiger partial charge in [-0.3, -0.25) is 4.79 Å². The normalized spacial score (nSPS) is 12.4. The molecule has 0 atom stereocenters. The predicted molar refractivity (Wildman–Crippen MR) is 60.4 cm³/mol. The lowest BCUT2D eigenvalue weighted by Crippen LogP contribution is -2.33. The number of hydrogen-bond acceptors (Lipinski definition) is 3. The van der Waals surface area contributed by atoms with Crippen LogP contribution in [0.5, 0.6) is 0 Å². The molecule has 1 heterocycles. The fourth-order valence-electron chi connectivity index (χ4n) is 1.48. The minimum atomic E-state index is -5.80. The van der Waals surface area contributed by atoms with Crippen molar-refractivity contribution in [2.45, 2.75) is 12.1 Å². The number of nitrogens with zero attached hydrogens (tertiary/aromatic N) is 1. The second-order valence-corrected chi connectivity index (χ2v) is 4.05. The maximum Gasteiger partial charge on any atom is 0.463 e. The van der Waals surface area contributed by atoms with Gasteiger partial charge in [-0.25, -0.2) is 4.98 Å². The molecule has 0 aliphatic carbocycles. The molecule has 2 N–H and O–H groups in total. The quantitative estimate of drug-likeness (QED) is 0.886. The molecule has 0 bridgehead atoms. The van der Waals surface area contributed by atoms with Gasteiger partial charge < -0.3 is 10.2 Å². The number of benzene rings is 1. The number of hydrogen-bond donors (Lipinski definition) is 1. The molecule has 1 aromatic carbocycles. The molecule has 0 spiro atoms. The van der Waals surface area contributed by atoms with Crippen LogP contribution in [0.1, 0.15) is 16.2 Å². The van der Waals surface area contributed by atoms with Crippen LogP contribution in [-0.4, -0.2) is 17.1 Å². The number of carbonyl (C=O) groups is 1. The van der Waals surface area contributed by atoms with Crippen molar-refractivity contribution in [3.8, 4) is 11.3 Å². The summed E-state index contributed by atoms with van der Waals surface area (Å²) in [6.07, 6.45) is -5.13. The summed E-state index contributed by atoms with van der Waals surface area (Å²) in [4.78, 5) is 14.0. The Kier molecular flexibility index (Phi) is 3.44. The van der Waals surface area contributed by atoms with Gasteiger partial charge in [-0.1, -0.05) is 12.1 Å². The molecule has 112 valence electrons. The Morgan fingerprint density at radius 2 is 1.67 bits per heavy atom. The molecule has 0 radical (unpaired) electrons. The van der Waals surface area contributed by atoms with Gasteiger partial charge in [0, 0.05) is 11.1 Å². The maximum absolute atomic E-state index is 13.0. The molecule has 1 amide bonds. The summed E-state index contributed by atoms with van der Waals surface area (Å²) >= 11 is 0. The Morgan fingerprint density at radius 3 is 2.14 bits per heavy atom. The van der Waals surface area contributed by atoms with E-state index in [2.05, 4.69) is 9.40 Å². The fourth-order valence-corrected chi connectivity index (χ4v) is 1.48. The Morgan fingerprint density at radius 1 is 1.10 bits per heavy atom. The lowest BCUT2D eigenvalue weighted by Gasteiger charge is -2.15. The van der Waals surface area contributed by atoms with E-state index in [-0.39, 0.29) is 16.8 Å².